The predicted octanol–water partition coefficient (Wildman–Crippen LogP) is 7.30. The summed E-state index contributed by atoms with van der Waals surface area (Å²) in [5.74, 6) is 0.0391. The van der Waals surface area contributed by atoms with Crippen LogP contribution in [0.25, 0.3) is 40.9 Å². The Kier molecular flexibility index (Phi) is 10.9. The molecule has 1 aliphatic carbocycles. The van der Waals surface area contributed by atoms with Crippen LogP contribution in [0.5, 0.6) is 0 Å². The SMILES string of the molecule is C=Cc1c(C)c2[n]3c1=CC1=NC(=Cc4c(C)c5c([n]4[In]3[Cl])C(=C3N=C(C=2)[C@@H](C)[C@@H]3CCC(=O)NCCCCCCNc2ccc([N+](=O)[O-])c3nonc23)CC5=O)C(CC)=C1C. The van der Waals surface area contributed by atoms with Gasteiger partial charge in [0.1, 0.15) is 0 Å². The number of halogens is 1. The van der Waals surface area contributed by atoms with Crippen LogP contribution in [0.4, 0.5) is 11.4 Å². The molecule has 0 radical (unpaired) electrons. The normalized spacial score (nSPS) is 18.6. The molecule has 4 aromatic rings. The average Bonchev–Trinajstić information content (AvgIpc) is 4.07. The van der Waals surface area contributed by atoms with Crippen LogP contribution >= 0.6 is 8.58 Å². The summed E-state index contributed by atoms with van der Waals surface area (Å²) < 4.78 is 9.45. The Balaban J connectivity index is 0.940. The second-order valence-electron chi connectivity index (χ2n) is 16.5. The molecule has 3 aromatic heterocycles. The molecule has 6 bridgehead atoms. The van der Waals surface area contributed by atoms with E-state index in [9.17, 15) is 19.7 Å². The van der Waals surface area contributed by atoms with Crippen molar-refractivity contribution in [3.63, 3.8) is 0 Å². The van der Waals surface area contributed by atoms with Crippen molar-refractivity contribution in [3.8, 4) is 0 Å². The van der Waals surface area contributed by atoms with Gasteiger partial charge >= 0.3 is 283 Å². The van der Waals surface area contributed by atoms with Gasteiger partial charge in [-0.3, -0.25) is 10.1 Å². The van der Waals surface area contributed by atoms with Crippen LogP contribution in [0.15, 0.2) is 55.9 Å². The fourth-order valence-electron chi connectivity index (χ4n) is 9.92. The second-order valence-corrected chi connectivity index (χ2v) is 23.9. The van der Waals surface area contributed by atoms with Crippen LogP contribution in [0.2, 0.25) is 0 Å². The number of unbranched alkanes of at least 4 members (excludes halogenated alkanes) is 3. The van der Waals surface area contributed by atoms with Gasteiger partial charge in [0.05, 0.1) is 10.6 Å². The zero-order valence-corrected chi connectivity index (χ0v) is 39.1. The zero-order valence-electron chi connectivity index (χ0n) is 35.0. The number of allylic oxidation sites excluding steroid dienone is 4. The molecule has 9 rings (SSSR count). The van der Waals surface area contributed by atoms with Gasteiger partial charge in [0.15, 0.2) is 5.52 Å². The van der Waals surface area contributed by atoms with Crippen molar-refractivity contribution < 1.29 is 19.1 Å². The number of Topliss-reactive ketones (excluding diaryl/α,β-unsaturated/α-hetero) is 1. The second kappa shape index (κ2) is 16.2. The Morgan fingerprint density at radius 2 is 1.82 bits per heavy atom. The third-order valence-electron chi connectivity index (χ3n) is 13.2. The first-order valence-electron chi connectivity index (χ1n) is 21.1. The number of anilines is 1. The molecule has 1 amide bonds. The number of aromatic nitrogens is 4. The van der Waals surface area contributed by atoms with Crippen molar-refractivity contribution in [2.75, 3.05) is 18.4 Å². The molecule has 2 atom stereocenters. The number of rotatable bonds is 14. The number of fused-ring (bicyclic) bond motifs is 3. The maximum absolute atomic E-state index is 14.2. The molecule has 14 nitrogen and oxygen atoms in total. The van der Waals surface area contributed by atoms with Crippen molar-refractivity contribution in [2.45, 2.75) is 86.0 Å². The Labute approximate surface area is 364 Å². The van der Waals surface area contributed by atoms with Crippen LogP contribution in [0, 0.1) is 35.8 Å². The number of carbonyl (C=O) groups is 2. The Morgan fingerprint density at radius 1 is 1.05 bits per heavy atom. The number of hydrogen-bond donors (Lipinski definition) is 2. The first-order chi connectivity index (χ1) is 29.4. The molecule has 0 saturated heterocycles. The number of hydrogen-bond acceptors (Lipinski definition) is 10. The third kappa shape index (κ3) is 6.78. The van der Waals surface area contributed by atoms with Gasteiger partial charge in [-0.2, -0.15) is 0 Å². The number of nitrogens with zero attached hydrogens (tertiary/aromatic N) is 7. The van der Waals surface area contributed by atoms with Crippen molar-refractivity contribution in [1.82, 2.24) is 20.7 Å². The zero-order chi connectivity index (χ0) is 42.9. The first-order valence-corrected chi connectivity index (χ1v) is 28.3. The van der Waals surface area contributed by atoms with E-state index in [2.05, 4.69) is 78.6 Å². The summed E-state index contributed by atoms with van der Waals surface area (Å²) in [6.45, 7) is 16.2. The molecule has 61 heavy (non-hydrogen) atoms. The summed E-state index contributed by atoms with van der Waals surface area (Å²) in [7, 11) is 7.98. The van der Waals surface area contributed by atoms with Gasteiger partial charge < -0.3 is 5.32 Å². The number of amides is 1. The predicted molar refractivity (Wildman–Crippen MR) is 241 cm³/mol. The number of nitro groups is 1. The third-order valence-corrected chi connectivity index (χ3v) is 21.3. The van der Waals surface area contributed by atoms with E-state index in [1.165, 1.54) is 11.6 Å². The van der Waals surface area contributed by atoms with E-state index < -0.39 is 25.8 Å². The summed E-state index contributed by atoms with van der Waals surface area (Å²) in [6.07, 6.45) is 14.1. The van der Waals surface area contributed by atoms with Gasteiger partial charge in [0, 0.05) is 12.6 Å². The van der Waals surface area contributed by atoms with Crippen LogP contribution < -0.4 is 21.3 Å². The fourth-order valence-corrected chi connectivity index (χ4v) is 18.9. The molecule has 4 aliphatic heterocycles. The van der Waals surface area contributed by atoms with Gasteiger partial charge in [0.25, 0.3) is 0 Å². The molecular weight excluding hydrogens is 897 g/mol. The number of carbonyl (C=O) groups excluding carboxylic acids is 2. The van der Waals surface area contributed by atoms with Gasteiger partial charge in [-0.25, -0.2) is 4.63 Å². The summed E-state index contributed by atoms with van der Waals surface area (Å²) in [6, 6.07) is 3.02. The van der Waals surface area contributed by atoms with Gasteiger partial charge in [-0.15, -0.1) is 0 Å². The van der Waals surface area contributed by atoms with E-state index in [1.807, 2.05) is 13.0 Å². The summed E-state index contributed by atoms with van der Waals surface area (Å²) in [5, 5.41) is 27.2. The van der Waals surface area contributed by atoms with Gasteiger partial charge in [0.2, 0.25) is 5.52 Å². The quantitative estimate of drug-likeness (QED) is 0.0753. The van der Waals surface area contributed by atoms with E-state index >= 15 is 0 Å². The number of nitro benzene ring substituents is 1. The van der Waals surface area contributed by atoms with Gasteiger partial charge in [-0.05, 0) is 22.8 Å². The summed E-state index contributed by atoms with van der Waals surface area (Å²) >= 11 is -3.64. The standard InChI is InChI=1S/C45H49N9O5.ClH.In/c1-7-27-23(3)32-20-34-25(5)29(13-16-40(56)47-18-12-10-9-11-17-46-31-14-15-38(54(57)58)45-44(31)52-59-53-45)42(50-34)30-19-39(55)41-26(6)35(51-43(30)41)22-37-28(8-2)24(4)33(49-37)21-36(27)48-32;;/h7,14-15,20-22,25,29H,1,8-13,16-19H2,2-6H3,(H4,46,47,48,49,50,51,52,53,55,56);1H;/q;;+3/p-3/t25-,29-;;/m0../s1. The average molecular weight is 944 g/mol. The number of nitrogens with one attached hydrogen (secondary N) is 2. The number of benzene rings is 1. The number of non-ortho nitro benzene ring substituents is 1. The van der Waals surface area contributed by atoms with E-state index in [4.69, 9.17) is 23.2 Å². The summed E-state index contributed by atoms with van der Waals surface area (Å²) in [5.41, 5.74) is 13.6. The molecular formula is C45H47ClInN9O5. The molecule has 312 valence electrons. The van der Waals surface area contributed by atoms with Crippen LogP contribution in [0.3, 0.4) is 0 Å². The maximum atomic E-state index is 14.2. The van der Waals surface area contributed by atoms with Crippen molar-refractivity contribution in [2.24, 2.45) is 21.8 Å². The molecule has 0 unspecified atom stereocenters. The van der Waals surface area contributed by atoms with Crippen molar-refractivity contribution in [1.29, 1.82) is 0 Å². The molecule has 2 N–H and O–H groups in total. The first kappa shape index (κ1) is 41.1. The van der Waals surface area contributed by atoms with E-state index in [1.54, 1.807) is 6.07 Å². The Bertz CT molecular complexity index is 2910. The monoisotopic (exact) mass is 943 g/mol. The minimum absolute atomic E-state index is 0.00186. The van der Waals surface area contributed by atoms with E-state index in [-0.39, 0.29) is 41.2 Å². The fraction of sp³-hybridized carbons (Fsp3) is 0.378. The van der Waals surface area contributed by atoms with E-state index in [0.717, 1.165) is 110 Å². The molecule has 1 aromatic carbocycles. The molecule has 16 heteroatoms. The Hall–Kier alpha value is -5.28. The molecule has 5 aliphatic rings. The Morgan fingerprint density at radius 3 is 2.57 bits per heavy atom. The van der Waals surface area contributed by atoms with Crippen LogP contribution in [-0.2, 0) is 4.79 Å². The summed E-state index contributed by atoms with van der Waals surface area (Å²) in [4.78, 5) is 48.9. The van der Waals surface area contributed by atoms with Crippen LogP contribution in [0.1, 0.15) is 111 Å². The molecule has 0 spiro atoms. The number of aliphatic imine (C=N–C) groups is 2. The topological polar surface area (TPSA) is 175 Å². The van der Waals surface area contributed by atoms with Crippen molar-refractivity contribution >= 4 is 105 Å². The molecule has 0 saturated carbocycles. The van der Waals surface area contributed by atoms with Crippen molar-refractivity contribution in [3.05, 3.63) is 95.7 Å². The molecule has 0 fully saturated rings. The van der Waals surface area contributed by atoms with Gasteiger partial charge in [-0.1, -0.05) is 6.42 Å². The minimum atomic E-state index is -3.64. The molecule has 7 heterocycles. The number of ketones is 1. The van der Waals surface area contributed by atoms with E-state index in [0.29, 0.717) is 37.1 Å². The van der Waals surface area contributed by atoms with Crippen LogP contribution in [-0.4, -0.2) is 77.4 Å².